The smallest absolute Gasteiger partial charge is 0.337 e. The lowest BCUT2D eigenvalue weighted by Crippen LogP contribution is -2.47. The summed E-state index contributed by atoms with van der Waals surface area (Å²) in [5.41, 5.74) is 0.545. The summed E-state index contributed by atoms with van der Waals surface area (Å²) >= 11 is 0. The van der Waals surface area contributed by atoms with Crippen LogP contribution in [0.4, 0.5) is 0 Å². The van der Waals surface area contributed by atoms with E-state index < -0.39 is 59.9 Å². The molecule has 2 aliphatic rings. The second-order valence-electron chi connectivity index (χ2n) is 8.66. The minimum absolute atomic E-state index is 0.00508. The van der Waals surface area contributed by atoms with Gasteiger partial charge in [0.25, 0.3) is 0 Å². The van der Waals surface area contributed by atoms with Gasteiger partial charge in [0.15, 0.2) is 12.2 Å². The predicted octanol–water partition coefficient (Wildman–Crippen LogP) is 2.03. The van der Waals surface area contributed by atoms with Gasteiger partial charge < -0.3 is 24.1 Å². The molecule has 1 saturated heterocycles. The van der Waals surface area contributed by atoms with Gasteiger partial charge in [-0.15, -0.1) is 0 Å². The molecular weight excluding hydrogens is 432 g/mol. The Bertz CT molecular complexity index is 865. The lowest BCUT2D eigenvalue weighted by Gasteiger charge is -2.34. The average molecular weight is 465 g/mol. The maximum Gasteiger partial charge on any atom is 0.337 e. The number of ether oxygens (including phenoxy) is 4. The molecule has 0 aromatic heterocycles. The first-order valence-electron chi connectivity index (χ1n) is 10.9. The van der Waals surface area contributed by atoms with Crippen LogP contribution in [0.1, 0.15) is 40.5 Å². The van der Waals surface area contributed by atoms with Crippen LogP contribution >= 0.6 is 0 Å². The Hall–Kier alpha value is -2.94. The normalized spacial score (nSPS) is 28.7. The molecule has 0 unspecified atom stereocenters. The molecule has 1 N–H and O–H groups in total. The van der Waals surface area contributed by atoms with E-state index in [4.69, 9.17) is 18.9 Å². The van der Waals surface area contributed by atoms with Gasteiger partial charge in [-0.25, -0.2) is 9.59 Å². The van der Waals surface area contributed by atoms with E-state index in [1.54, 1.807) is 33.8 Å². The average Bonchev–Trinajstić information content (AvgIpc) is 3.04. The molecule has 9 nitrogen and oxygen atoms in total. The SMILES string of the molecule is C=C1C(=O)O[C@H]2/C=C(/CO)CC/C=C(/C(=O)OC)[C@@H](OC(=O)C(C)C)[C@@H](OC(=O)C(C)C)[C@@H]12. The molecule has 9 heteroatoms. The van der Waals surface area contributed by atoms with E-state index in [2.05, 4.69) is 6.58 Å². The summed E-state index contributed by atoms with van der Waals surface area (Å²) in [6.07, 6.45) is 0.174. The number of methoxy groups -OCH3 is 1. The molecule has 4 atom stereocenters. The molecule has 1 aliphatic carbocycles. The number of hydrogen-bond acceptors (Lipinski definition) is 9. The Morgan fingerprint density at radius 1 is 1.15 bits per heavy atom. The number of allylic oxidation sites excluding steroid dienone is 1. The summed E-state index contributed by atoms with van der Waals surface area (Å²) < 4.78 is 21.8. The number of rotatable bonds is 6. The number of fused-ring (bicyclic) bond motifs is 1. The summed E-state index contributed by atoms with van der Waals surface area (Å²) in [5, 5.41) is 9.76. The third-order valence-corrected chi connectivity index (χ3v) is 5.51. The van der Waals surface area contributed by atoms with Crippen LogP contribution in [0.3, 0.4) is 0 Å². The van der Waals surface area contributed by atoms with E-state index in [-0.39, 0.29) is 17.8 Å². The van der Waals surface area contributed by atoms with Crippen molar-refractivity contribution >= 4 is 23.9 Å². The first-order valence-corrected chi connectivity index (χ1v) is 10.9. The van der Waals surface area contributed by atoms with Crippen LogP contribution in [0, 0.1) is 17.8 Å². The maximum absolute atomic E-state index is 12.7. The Kier molecular flexibility index (Phi) is 8.99. The zero-order valence-corrected chi connectivity index (χ0v) is 19.7. The van der Waals surface area contributed by atoms with Gasteiger partial charge in [-0.3, -0.25) is 9.59 Å². The van der Waals surface area contributed by atoms with E-state index in [1.165, 1.54) is 13.2 Å². The van der Waals surface area contributed by atoms with E-state index in [1.807, 2.05) is 0 Å². The van der Waals surface area contributed by atoms with E-state index in [9.17, 15) is 24.3 Å². The molecule has 0 aromatic rings. The van der Waals surface area contributed by atoms with Crippen molar-refractivity contribution in [2.45, 2.75) is 58.8 Å². The molecule has 0 bridgehead atoms. The molecule has 1 heterocycles. The minimum atomic E-state index is -1.36. The zero-order valence-electron chi connectivity index (χ0n) is 19.7. The second kappa shape index (κ2) is 11.3. The fraction of sp³-hybridized carbons (Fsp3) is 0.583. The first-order chi connectivity index (χ1) is 15.5. The fourth-order valence-electron chi connectivity index (χ4n) is 3.59. The predicted molar refractivity (Wildman–Crippen MR) is 116 cm³/mol. The van der Waals surface area contributed by atoms with Gasteiger partial charge in [0.2, 0.25) is 0 Å². The van der Waals surface area contributed by atoms with Gasteiger partial charge in [-0.2, -0.15) is 0 Å². The van der Waals surface area contributed by atoms with E-state index in [0.717, 1.165) is 0 Å². The highest BCUT2D eigenvalue weighted by Crippen LogP contribution is 2.38. The lowest BCUT2D eigenvalue weighted by molar-refractivity contribution is -0.175. The quantitative estimate of drug-likeness (QED) is 0.272. The van der Waals surface area contributed by atoms with E-state index in [0.29, 0.717) is 18.4 Å². The van der Waals surface area contributed by atoms with Crippen LogP contribution in [0.15, 0.2) is 35.5 Å². The number of carbonyl (C=O) groups is 4. The largest absolute Gasteiger partial charge is 0.466 e. The summed E-state index contributed by atoms with van der Waals surface area (Å²) in [7, 11) is 1.18. The van der Waals surface area contributed by atoms with Crippen LogP contribution in [-0.4, -0.2) is 61.0 Å². The van der Waals surface area contributed by atoms with Crippen molar-refractivity contribution in [3.05, 3.63) is 35.5 Å². The molecule has 1 aliphatic heterocycles. The third kappa shape index (κ3) is 6.10. The van der Waals surface area contributed by atoms with Gasteiger partial charge in [0.05, 0.1) is 37.0 Å². The number of carbonyl (C=O) groups excluding carboxylic acids is 4. The third-order valence-electron chi connectivity index (χ3n) is 5.51. The van der Waals surface area contributed by atoms with Crippen LogP contribution in [0.2, 0.25) is 0 Å². The molecule has 0 spiro atoms. The van der Waals surface area contributed by atoms with Gasteiger partial charge in [-0.05, 0) is 24.5 Å². The van der Waals surface area contributed by atoms with Gasteiger partial charge >= 0.3 is 23.9 Å². The maximum atomic E-state index is 12.7. The highest BCUT2D eigenvalue weighted by atomic mass is 16.6. The second-order valence-corrected chi connectivity index (χ2v) is 8.66. The van der Waals surface area contributed by atoms with Gasteiger partial charge in [-0.1, -0.05) is 40.3 Å². The topological polar surface area (TPSA) is 125 Å². The summed E-state index contributed by atoms with van der Waals surface area (Å²) in [5.74, 6) is -4.77. The Morgan fingerprint density at radius 3 is 2.30 bits per heavy atom. The molecular formula is C24H32O9. The first kappa shape index (κ1) is 26.3. The highest BCUT2D eigenvalue weighted by molar-refractivity contribution is 5.93. The summed E-state index contributed by atoms with van der Waals surface area (Å²) in [6, 6.07) is 0. The number of aliphatic hydroxyl groups excluding tert-OH is 1. The molecule has 0 radical (unpaired) electrons. The highest BCUT2D eigenvalue weighted by Gasteiger charge is 2.51. The van der Waals surface area contributed by atoms with Crippen molar-refractivity contribution in [3.8, 4) is 0 Å². The number of hydrogen-bond donors (Lipinski definition) is 1. The Morgan fingerprint density at radius 2 is 1.76 bits per heavy atom. The molecule has 0 amide bonds. The van der Waals surface area contributed by atoms with Crippen LogP contribution in [0.25, 0.3) is 0 Å². The molecule has 0 aromatic carbocycles. The molecule has 33 heavy (non-hydrogen) atoms. The van der Waals surface area contributed by atoms with Crippen molar-refractivity contribution < 1.29 is 43.2 Å². The summed E-state index contributed by atoms with van der Waals surface area (Å²) in [4.78, 5) is 50.5. The van der Waals surface area contributed by atoms with Gasteiger partial charge in [0.1, 0.15) is 6.10 Å². The van der Waals surface area contributed by atoms with Gasteiger partial charge in [0, 0.05) is 5.57 Å². The zero-order chi connectivity index (χ0) is 24.9. The Labute approximate surface area is 193 Å². The molecule has 182 valence electrons. The van der Waals surface area contributed by atoms with Crippen LogP contribution in [0.5, 0.6) is 0 Å². The molecule has 2 rings (SSSR count). The van der Waals surface area contributed by atoms with Crippen molar-refractivity contribution in [2.75, 3.05) is 13.7 Å². The Balaban J connectivity index is 2.73. The van der Waals surface area contributed by atoms with Crippen molar-refractivity contribution in [2.24, 2.45) is 17.8 Å². The van der Waals surface area contributed by atoms with Crippen LogP contribution in [-0.2, 0) is 38.1 Å². The summed E-state index contributed by atoms with van der Waals surface area (Å²) in [6.45, 7) is 10.0. The van der Waals surface area contributed by atoms with Crippen LogP contribution < -0.4 is 0 Å². The minimum Gasteiger partial charge on any atom is -0.466 e. The van der Waals surface area contributed by atoms with E-state index >= 15 is 0 Å². The monoisotopic (exact) mass is 464 g/mol. The number of esters is 4. The standard InChI is InChI=1S/C24H32O9/c1-12(2)21(26)32-19-16(24(29)30-6)9-7-8-15(11-25)10-17-18(14(5)23(28)31-17)20(19)33-22(27)13(3)4/h9-10,12-13,17-20,25H,5,7-8,11H2,1-4,6H3/b15-10+,16-9+/t17-,18-,19+,20-/m0/s1. The fourth-order valence-corrected chi connectivity index (χ4v) is 3.59. The van der Waals surface area contributed by atoms with Crippen molar-refractivity contribution in [1.29, 1.82) is 0 Å². The molecule has 1 fully saturated rings. The lowest BCUT2D eigenvalue weighted by atomic mass is 9.83. The van der Waals surface area contributed by atoms with Crippen molar-refractivity contribution in [1.82, 2.24) is 0 Å². The number of aliphatic hydroxyl groups is 1. The molecule has 0 saturated carbocycles. The van der Waals surface area contributed by atoms with Crippen molar-refractivity contribution in [3.63, 3.8) is 0 Å².